The Morgan fingerprint density at radius 3 is 2.75 bits per heavy atom. The highest BCUT2D eigenvalue weighted by Crippen LogP contribution is 2.17. The maximum absolute atomic E-state index is 12.2. The molecule has 2 N–H and O–H groups in total. The number of nitrogens with one attached hydrogen (secondary N) is 2. The van der Waals surface area contributed by atoms with Crippen molar-refractivity contribution < 1.29 is 14.3 Å². The lowest BCUT2D eigenvalue weighted by molar-refractivity contribution is 0.0929. The van der Waals surface area contributed by atoms with Gasteiger partial charge in [0.15, 0.2) is 5.69 Å². The first-order chi connectivity index (χ1) is 13.3. The van der Waals surface area contributed by atoms with Gasteiger partial charge in [0.25, 0.3) is 5.91 Å². The summed E-state index contributed by atoms with van der Waals surface area (Å²) in [6.45, 7) is 3.61. The van der Waals surface area contributed by atoms with E-state index in [1.807, 2.05) is 28.9 Å². The monoisotopic (exact) mass is 409 g/mol. The number of amides is 1. The van der Waals surface area contributed by atoms with E-state index in [0.29, 0.717) is 31.5 Å². The lowest BCUT2D eigenvalue weighted by Crippen LogP contribution is -2.29. The second-order valence-electron chi connectivity index (χ2n) is 6.58. The average Bonchev–Trinajstić information content (AvgIpc) is 3.22. The molecule has 1 aliphatic rings. The number of hydrogen-bond donors (Lipinski definition) is 2. The van der Waals surface area contributed by atoms with Crippen molar-refractivity contribution in [2.75, 3.05) is 33.4 Å². The van der Waals surface area contributed by atoms with Crippen molar-refractivity contribution in [1.82, 2.24) is 25.6 Å². The first-order valence-electron chi connectivity index (χ1n) is 9.37. The number of carbonyl (C=O) groups excluding carboxylic acids is 1. The number of nitrogens with zero attached hydrogens (tertiary/aromatic N) is 3. The number of carbonyl (C=O) groups is 1. The number of aromatic nitrogens is 3. The standard InChI is InChI=1S/C19H27N5O3.ClH/c1-26-17-5-3-15(4-6-17)14-27-12-2-9-21-19(25)18-13-24(23-22-18)16-7-10-20-11-8-16;/h3-6,13,16,20H,2,7-12,14H2,1H3,(H,21,25);1H. The summed E-state index contributed by atoms with van der Waals surface area (Å²) in [5.41, 5.74) is 1.46. The number of ether oxygens (including phenoxy) is 2. The lowest BCUT2D eigenvalue weighted by Gasteiger charge is -2.22. The van der Waals surface area contributed by atoms with Gasteiger partial charge in [0, 0.05) is 13.2 Å². The van der Waals surface area contributed by atoms with E-state index in [1.165, 1.54) is 0 Å². The van der Waals surface area contributed by atoms with Crippen molar-refractivity contribution in [3.05, 3.63) is 41.7 Å². The highest BCUT2D eigenvalue weighted by atomic mass is 35.5. The predicted octanol–water partition coefficient (Wildman–Crippen LogP) is 1.97. The van der Waals surface area contributed by atoms with Gasteiger partial charge >= 0.3 is 0 Å². The van der Waals surface area contributed by atoms with Crippen LogP contribution in [0, 0.1) is 0 Å². The fraction of sp³-hybridized carbons (Fsp3) is 0.526. The second-order valence-corrected chi connectivity index (χ2v) is 6.58. The van der Waals surface area contributed by atoms with Gasteiger partial charge in [-0.3, -0.25) is 4.79 Å². The first kappa shape index (κ1) is 22.1. The van der Waals surface area contributed by atoms with Crippen molar-refractivity contribution in [2.24, 2.45) is 0 Å². The number of methoxy groups -OCH3 is 1. The zero-order chi connectivity index (χ0) is 18.9. The minimum Gasteiger partial charge on any atom is -0.497 e. The van der Waals surface area contributed by atoms with E-state index in [0.717, 1.165) is 43.7 Å². The van der Waals surface area contributed by atoms with E-state index in [-0.39, 0.29) is 18.3 Å². The Bertz CT molecular complexity index is 717. The number of hydrogen-bond acceptors (Lipinski definition) is 6. The molecule has 1 amide bonds. The van der Waals surface area contributed by atoms with Gasteiger partial charge in [-0.15, -0.1) is 17.5 Å². The van der Waals surface area contributed by atoms with Crippen LogP contribution in [0.15, 0.2) is 30.5 Å². The SMILES string of the molecule is COc1ccc(COCCCNC(=O)c2cn(C3CCNCC3)nn2)cc1.Cl. The smallest absolute Gasteiger partial charge is 0.273 e. The lowest BCUT2D eigenvalue weighted by atomic mass is 10.1. The highest BCUT2D eigenvalue weighted by Gasteiger charge is 2.18. The Hall–Kier alpha value is -2.16. The van der Waals surface area contributed by atoms with E-state index in [2.05, 4.69) is 20.9 Å². The molecule has 0 aliphatic carbocycles. The Morgan fingerprint density at radius 2 is 2.04 bits per heavy atom. The fourth-order valence-corrected chi connectivity index (χ4v) is 3.01. The minimum absolute atomic E-state index is 0. The van der Waals surface area contributed by atoms with Crippen molar-refractivity contribution in [1.29, 1.82) is 0 Å². The summed E-state index contributed by atoms with van der Waals surface area (Å²) < 4.78 is 12.6. The van der Waals surface area contributed by atoms with Crippen molar-refractivity contribution in [2.45, 2.75) is 31.9 Å². The summed E-state index contributed by atoms with van der Waals surface area (Å²) in [4.78, 5) is 12.2. The Labute approximate surface area is 171 Å². The minimum atomic E-state index is -0.190. The third-order valence-electron chi connectivity index (χ3n) is 4.60. The molecule has 0 saturated carbocycles. The van der Waals surface area contributed by atoms with Crippen molar-refractivity contribution >= 4 is 18.3 Å². The van der Waals surface area contributed by atoms with Crippen LogP contribution in [0.5, 0.6) is 5.75 Å². The zero-order valence-corrected chi connectivity index (χ0v) is 16.9. The van der Waals surface area contributed by atoms with Gasteiger partial charge in [-0.25, -0.2) is 4.68 Å². The second kappa shape index (κ2) is 11.6. The van der Waals surface area contributed by atoms with E-state index >= 15 is 0 Å². The molecule has 154 valence electrons. The van der Waals surface area contributed by atoms with Gasteiger partial charge in [-0.05, 0) is 50.0 Å². The quantitative estimate of drug-likeness (QED) is 0.615. The summed E-state index contributed by atoms with van der Waals surface area (Å²) in [6, 6.07) is 8.11. The molecule has 0 radical (unpaired) electrons. The summed E-state index contributed by atoms with van der Waals surface area (Å²) in [5.74, 6) is 0.642. The van der Waals surface area contributed by atoms with Crippen LogP contribution in [0.4, 0.5) is 0 Å². The molecule has 2 aromatic rings. The van der Waals surface area contributed by atoms with Gasteiger partial charge < -0.3 is 20.1 Å². The molecule has 0 bridgehead atoms. The summed E-state index contributed by atoms with van der Waals surface area (Å²) >= 11 is 0. The molecular formula is C19H28ClN5O3. The van der Waals surface area contributed by atoms with Gasteiger partial charge in [0.2, 0.25) is 0 Å². The maximum Gasteiger partial charge on any atom is 0.273 e. The number of rotatable bonds is 9. The van der Waals surface area contributed by atoms with E-state index in [4.69, 9.17) is 9.47 Å². The highest BCUT2D eigenvalue weighted by molar-refractivity contribution is 5.91. The van der Waals surface area contributed by atoms with Crippen LogP contribution in [0.25, 0.3) is 0 Å². The molecule has 9 heteroatoms. The third kappa shape index (κ3) is 6.47. The van der Waals surface area contributed by atoms with Gasteiger partial charge in [0.05, 0.1) is 26.0 Å². The number of benzene rings is 1. The van der Waals surface area contributed by atoms with Gasteiger partial charge in [-0.1, -0.05) is 17.3 Å². The molecule has 0 unspecified atom stereocenters. The molecule has 2 heterocycles. The molecule has 8 nitrogen and oxygen atoms in total. The third-order valence-corrected chi connectivity index (χ3v) is 4.60. The van der Waals surface area contributed by atoms with Crippen LogP contribution in [0.2, 0.25) is 0 Å². The zero-order valence-electron chi connectivity index (χ0n) is 16.1. The summed E-state index contributed by atoms with van der Waals surface area (Å²) in [5, 5.41) is 14.3. The van der Waals surface area contributed by atoms with E-state index < -0.39 is 0 Å². The summed E-state index contributed by atoms with van der Waals surface area (Å²) in [7, 11) is 1.65. The maximum atomic E-state index is 12.2. The molecule has 1 aliphatic heterocycles. The van der Waals surface area contributed by atoms with Crippen LogP contribution in [0.3, 0.4) is 0 Å². The molecule has 1 fully saturated rings. The molecule has 1 saturated heterocycles. The fourth-order valence-electron chi connectivity index (χ4n) is 3.01. The molecule has 3 rings (SSSR count). The largest absolute Gasteiger partial charge is 0.497 e. The van der Waals surface area contributed by atoms with Crippen molar-refractivity contribution in [3.63, 3.8) is 0 Å². The van der Waals surface area contributed by atoms with Gasteiger partial charge in [0.1, 0.15) is 5.75 Å². The van der Waals surface area contributed by atoms with E-state index in [1.54, 1.807) is 13.3 Å². The summed E-state index contributed by atoms with van der Waals surface area (Å²) in [6.07, 6.45) is 4.50. The van der Waals surface area contributed by atoms with Crippen molar-refractivity contribution in [3.8, 4) is 5.75 Å². The Balaban J connectivity index is 0.00000280. The van der Waals surface area contributed by atoms with Crippen LogP contribution >= 0.6 is 12.4 Å². The molecule has 1 aromatic heterocycles. The molecule has 1 aromatic carbocycles. The Kier molecular flexibility index (Phi) is 9.19. The molecule has 28 heavy (non-hydrogen) atoms. The van der Waals surface area contributed by atoms with Gasteiger partial charge in [-0.2, -0.15) is 0 Å². The van der Waals surface area contributed by atoms with Crippen LogP contribution < -0.4 is 15.4 Å². The van der Waals surface area contributed by atoms with E-state index in [9.17, 15) is 4.79 Å². The number of piperidine rings is 1. The topological polar surface area (TPSA) is 90.3 Å². The Morgan fingerprint density at radius 1 is 1.29 bits per heavy atom. The predicted molar refractivity (Wildman–Crippen MR) is 108 cm³/mol. The van der Waals surface area contributed by atoms with Crippen LogP contribution in [0.1, 0.15) is 41.4 Å². The van der Waals surface area contributed by atoms with Crippen LogP contribution in [-0.4, -0.2) is 54.3 Å². The normalized spacial score (nSPS) is 14.3. The number of halogens is 1. The molecule has 0 atom stereocenters. The first-order valence-corrected chi connectivity index (χ1v) is 9.37. The molecule has 0 spiro atoms. The van der Waals surface area contributed by atoms with Crippen LogP contribution in [-0.2, 0) is 11.3 Å². The molecular weight excluding hydrogens is 382 g/mol. The average molecular weight is 410 g/mol.